The van der Waals surface area contributed by atoms with Crippen molar-refractivity contribution in [3.63, 3.8) is 0 Å². The largest absolute Gasteiger partial charge is 0.443 e. The highest BCUT2D eigenvalue weighted by molar-refractivity contribution is 7.31. The zero-order valence-corrected chi connectivity index (χ0v) is 12.6. The molecule has 7 nitrogen and oxygen atoms in total. The first-order chi connectivity index (χ1) is 10.7. The Balaban J connectivity index is 1.78. The minimum atomic E-state index is -0.525. The van der Waals surface area contributed by atoms with E-state index in [-0.39, 0.29) is 14.9 Å². The van der Waals surface area contributed by atoms with Crippen LogP contribution in [0.1, 0.15) is 0 Å². The third kappa shape index (κ3) is 2.98. The number of benzene rings is 1. The Morgan fingerprint density at radius 1 is 1.50 bits per heavy atom. The number of carbonyl (C=O) groups is 1. The molecule has 1 aromatic carbocycles. The van der Waals surface area contributed by atoms with E-state index in [0.717, 1.165) is 0 Å². The van der Waals surface area contributed by atoms with E-state index < -0.39 is 11.9 Å². The maximum absolute atomic E-state index is 14.3. The summed E-state index contributed by atoms with van der Waals surface area (Å²) in [4.78, 5) is 28.6. The van der Waals surface area contributed by atoms with Crippen LogP contribution in [0.4, 0.5) is 20.6 Å². The van der Waals surface area contributed by atoms with E-state index in [0.29, 0.717) is 37.2 Å². The number of hydrogen-bond donors (Lipinski definition) is 1. The Bertz CT molecular complexity index is 601. The lowest BCUT2D eigenvalue weighted by Gasteiger charge is -2.23. The highest BCUT2D eigenvalue weighted by Gasteiger charge is 2.32. The fourth-order valence-corrected chi connectivity index (χ4v) is 2.78. The number of oxime groups is 1. The molecule has 0 radical (unpaired) electrons. The van der Waals surface area contributed by atoms with Crippen LogP contribution in [0.2, 0.25) is 0 Å². The van der Waals surface area contributed by atoms with Crippen molar-refractivity contribution >= 4 is 32.6 Å². The molecule has 3 rings (SSSR count). The van der Waals surface area contributed by atoms with Crippen LogP contribution < -0.4 is 9.80 Å². The number of amides is 1. The van der Waals surface area contributed by atoms with E-state index in [1.807, 2.05) is 0 Å². The van der Waals surface area contributed by atoms with Gasteiger partial charge in [0, 0.05) is 15.0 Å². The maximum Gasteiger partial charge on any atom is 0.414 e. The van der Waals surface area contributed by atoms with Crippen molar-refractivity contribution in [2.24, 2.45) is 5.16 Å². The van der Waals surface area contributed by atoms with Gasteiger partial charge in [-0.3, -0.25) is 4.90 Å². The first-order valence-corrected chi connectivity index (χ1v) is 7.91. The molecule has 2 aliphatic heterocycles. The molecule has 2 unspecified atom stereocenters. The summed E-state index contributed by atoms with van der Waals surface area (Å²) in [7, 11) is -0.284. The molecule has 0 aromatic heterocycles. The molecule has 0 bridgehead atoms. The first kappa shape index (κ1) is 15.0. The maximum atomic E-state index is 14.3. The van der Waals surface area contributed by atoms with Gasteiger partial charge in [-0.25, -0.2) is 9.18 Å². The van der Waals surface area contributed by atoms with Gasteiger partial charge >= 0.3 is 6.09 Å². The molecule has 2 atom stereocenters. The highest BCUT2D eigenvalue weighted by atomic mass is 31.1. The van der Waals surface area contributed by atoms with Crippen LogP contribution in [0, 0.1) is 5.82 Å². The molecule has 22 heavy (non-hydrogen) atoms. The van der Waals surface area contributed by atoms with Crippen LogP contribution in [0.25, 0.3) is 0 Å². The summed E-state index contributed by atoms with van der Waals surface area (Å²) in [5, 5.41) is 3.65. The molecule has 2 heterocycles. The predicted molar refractivity (Wildman–Crippen MR) is 81.2 cm³/mol. The number of rotatable bonds is 4. The molecule has 1 fully saturated rings. The Morgan fingerprint density at radius 3 is 3.05 bits per heavy atom. The molecule has 0 saturated carbocycles. The van der Waals surface area contributed by atoms with Crippen molar-refractivity contribution in [2.75, 3.05) is 35.7 Å². The summed E-state index contributed by atoms with van der Waals surface area (Å²) in [5.41, 5.74) is 0.803. The molecule has 0 spiro atoms. The fourth-order valence-electron chi connectivity index (χ4n) is 2.36. The van der Waals surface area contributed by atoms with Crippen molar-refractivity contribution < 1.29 is 23.7 Å². The number of hydrogen-bond acceptors (Lipinski definition) is 6. The van der Waals surface area contributed by atoms with Gasteiger partial charge in [-0.2, -0.15) is 0 Å². The molecule has 0 aliphatic carbocycles. The topological polar surface area (TPSA) is 74.6 Å². The smallest absolute Gasteiger partial charge is 0.414 e. The van der Waals surface area contributed by atoms with Gasteiger partial charge in [-0.15, -0.1) is 0 Å². The monoisotopic (exact) mass is 327 g/mol. The van der Waals surface area contributed by atoms with Gasteiger partial charge in [0.05, 0.1) is 24.5 Å². The zero-order valence-electron chi connectivity index (χ0n) is 11.6. The summed E-state index contributed by atoms with van der Waals surface area (Å²) in [6, 6.07) is 4.55. The van der Waals surface area contributed by atoms with E-state index in [1.165, 1.54) is 17.3 Å². The Kier molecular flexibility index (Phi) is 4.40. The van der Waals surface area contributed by atoms with Crippen LogP contribution in [-0.2, 0) is 9.57 Å². The molecule has 1 aromatic rings. The SMILES string of the molecule is O=C1OC(CPO)CN1c1ccc(N2C=NOCC2)c(F)c1. The van der Waals surface area contributed by atoms with Crippen molar-refractivity contribution in [3.8, 4) is 0 Å². The molecular weight excluding hydrogens is 312 g/mol. The third-order valence-electron chi connectivity index (χ3n) is 3.43. The van der Waals surface area contributed by atoms with Gasteiger partial charge in [0.2, 0.25) is 0 Å². The second-order valence-electron chi connectivity index (χ2n) is 4.86. The molecule has 2 aliphatic rings. The lowest BCUT2D eigenvalue weighted by Crippen LogP contribution is -2.30. The molecule has 118 valence electrons. The second kappa shape index (κ2) is 6.46. The first-order valence-electron chi connectivity index (χ1n) is 6.76. The van der Waals surface area contributed by atoms with E-state index >= 15 is 0 Å². The predicted octanol–water partition coefficient (Wildman–Crippen LogP) is 1.52. The number of carbonyl (C=O) groups excluding carboxylic acids is 1. The summed E-state index contributed by atoms with van der Waals surface area (Å²) >= 11 is 0. The molecule has 9 heteroatoms. The minimum absolute atomic E-state index is 0.284. The Labute approximate surface area is 128 Å². The van der Waals surface area contributed by atoms with Gasteiger partial charge < -0.3 is 19.4 Å². The van der Waals surface area contributed by atoms with Gasteiger partial charge in [-0.05, 0) is 18.2 Å². The van der Waals surface area contributed by atoms with Crippen LogP contribution >= 0.6 is 8.81 Å². The van der Waals surface area contributed by atoms with Gasteiger partial charge in [0.1, 0.15) is 24.9 Å². The van der Waals surface area contributed by atoms with Gasteiger partial charge in [0.25, 0.3) is 0 Å². The minimum Gasteiger partial charge on any atom is -0.443 e. The van der Waals surface area contributed by atoms with Crippen molar-refractivity contribution in [2.45, 2.75) is 6.10 Å². The van der Waals surface area contributed by atoms with E-state index in [4.69, 9.17) is 14.5 Å². The number of nitrogens with zero attached hydrogens (tertiary/aromatic N) is 3. The summed E-state index contributed by atoms with van der Waals surface area (Å²) in [5.74, 6) is -0.453. The lowest BCUT2D eigenvalue weighted by atomic mass is 10.2. The summed E-state index contributed by atoms with van der Waals surface area (Å²) in [6.07, 6.45) is 0.935. The van der Waals surface area contributed by atoms with E-state index in [2.05, 4.69) is 5.16 Å². The summed E-state index contributed by atoms with van der Waals surface area (Å²) < 4.78 is 19.4. The van der Waals surface area contributed by atoms with Gasteiger partial charge in [0.15, 0.2) is 0 Å². The molecular formula is C13H15FN3O4P. The van der Waals surface area contributed by atoms with Crippen LogP contribution in [0.15, 0.2) is 23.4 Å². The average molecular weight is 327 g/mol. The quantitative estimate of drug-likeness (QED) is 0.849. The van der Waals surface area contributed by atoms with Crippen LogP contribution in [0.3, 0.4) is 0 Å². The van der Waals surface area contributed by atoms with E-state index in [1.54, 1.807) is 17.0 Å². The number of halogens is 1. The third-order valence-corrected chi connectivity index (χ3v) is 4.07. The molecule has 1 saturated heterocycles. The highest BCUT2D eigenvalue weighted by Crippen LogP contribution is 2.28. The van der Waals surface area contributed by atoms with Crippen molar-refractivity contribution in [1.29, 1.82) is 0 Å². The fraction of sp³-hybridized carbons (Fsp3) is 0.385. The normalized spacial score (nSPS) is 21.5. The second-order valence-corrected chi connectivity index (χ2v) is 5.59. The lowest BCUT2D eigenvalue weighted by molar-refractivity contribution is 0.144. The Morgan fingerprint density at radius 2 is 2.36 bits per heavy atom. The van der Waals surface area contributed by atoms with Crippen LogP contribution in [-0.4, -0.2) is 49.3 Å². The number of anilines is 2. The van der Waals surface area contributed by atoms with Crippen LogP contribution in [0.5, 0.6) is 0 Å². The molecule has 1 N–H and O–H groups in total. The number of ether oxygens (including phenoxy) is 1. The standard InChI is InChI=1S/C13H15FN3O4P/c14-11-5-9(17-6-10(7-22-19)21-13(17)18)1-2-12(11)16-3-4-20-15-8-16/h1-2,5,8,10,19,22H,3-4,6-7H2. The van der Waals surface area contributed by atoms with Crippen molar-refractivity contribution in [3.05, 3.63) is 24.0 Å². The average Bonchev–Trinajstić information content (AvgIpc) is 2.89. The molecule has 1 amide bonds. The van der Waals surface area contributed by atoms with E-state index in [9.17, 15) is 9.18 Å². The zero-order chi connectivity index (χ0) is 15.5. The Hall–Kier alpha value is -1.92. The van der Waals surface area contributed by atoms with Gasteiger partial charge in [-0.1, -0.05) is 5.16 Å². The van der Waals surface area contributed by atoms with Crippen molar-refractivity contribution in [1.82, 2.24) is 0 Å². The summed E-state index contributed by atoms with van der Waals surface area (Å²) in [6.45, 7) is 1.20. The number of cyclic esters (lactones) is 1.